The van der Waals surface area contributed by atoms with Gasteiger partial charge in [0.05, 0.1) is 7.11 Å². The standard InChI is InChI=1S/C16H27NO2/c1-11(2)13-10-14(12(3)9-16(13)19-5)15(17-4)7-6-8-18/h9-11,15,17-18H,6-8H2,1-5H3. The molecule has 0 bridgehead atoms. The van der Waals surface area contributed by atoms with E-state index in [0.29, 0.717) is 5.92 Å². The van der Waals surface area contributed by atoms with E-state index in [0.717, 1.165) is 18.6 Å². The molecule has 0 amide bonds. The SMILES string of the molecule is CNC(CCCO)c1cc(C(C)C)c(OC)cc1C. The van der Waals surface area contributed by atoms with Crippen LogP contribution in [0.25, 0.3) is 0 Å². The summed E-state index contributed by atoms with van der Waals surface area (Å²) in [7, 11) is 3.70. The van der Waals surface area contributed by atoms with Gasteiger partial charge in [-0.25, -0.2) is 0 Å². The number of rotatable bonds is 7. The summed E-state index contributed by atoms with van der Waals surface area (Å²) in [5.41, 5.74) is 3.78. The molecule has 1 unspecified atom stereocenters. The van der Waals surface area contributed by atoms with E-state index in [1.54, 1.807) is 7.11 Å². The van der Waals surface area contributed by atoms with Gasteiger partial charge in [-0.3, -0.25) is 0 Å². The van der Waals surface area contributed by atoms with Crippen LogP contribution < -0.4 is 10.1 Å². The second-order valence-corrected chi connectivity index (χ2v) is 5.31. The molecule has 1 aromatic rings. The summed E-state index contributed by atoms with van der Waals surface area (Å²) >= 11 is 0. The summed E-state index contributed by atoms with van der Waals surface area (Å²) in [6.45, 7) is 6.72. The molecule has 3 heteroatoms. The fourth-order valence-corrected chi connectivity index (χ4v) is 2.47. The Kier molecular flexibility index (Phi) is 6.32. The van der Waals surface area contributed by atoms with Gasteiger partial charge in [-0.1, -0.05) is 19.9 Å². The maximum absolute atomic E-state index is 9.00. The second kappa shape index (κ2) is 7.51. The predicted octanol–water partition coefficient (Wildman–Crippen LogP) is 3.16. The first-order chi connectivity index (χ1) is 9.04. The number of benzene rings is 1. The van der Waals surface area contributed by atoms with Gasteiger partial charge in [-0.2, -0.15) is 0 Å². The number of methoxy groups -OCH3 is 1. The van der Waals surface area contributed by atoms with E-state index in [-0.39, 0.29) is 12.6 Å². The number of hydrogen-bond acceptors (Lipinski definition) is 3. The normalized spacial score (nSPS) is 12.8. The van der Waals surface area contributed by atoms with E-state index >= 15 is 0 Å². The Morgan fingerprint density at radius 2 is 1.95 bits per heavy atom. The van der Waals surface area contributed by atoms with Gasteiger partial charge in [0.1, 0.15) is 5.75 Å². The Labute approximate surface area is 117 Å². The van der Waals surface area contributed by atoms with Gasteiger partial charge in [0.25, 0.3) is 0 Å². The summed E-state index contributed by atoms with van der Waals surface area (Å²) in [5, 5.41) is 12.3. The summed E-state index contributed by atoms with van der Waals surface area (Å²) in [5.74, 6) is 1.40. The van der Waals surface area contributed by atoms with Crippen LogP contribution in [0, 0.1) is 6.92 Å². The third kappa shape index (κ3) is 3.95. The average Bonchev–Trinajstić information content (AvgIpc) is 2.40. The van der Waals surface area contributed by atoms with Gasteiger partial charge in [-0.15, -0.1) is 0 Å². The van der Waals surface area contributed by atoms with Crippen molar-refractivity contribution in [2.75, 3.05) is 20.8 Å². The van der Waals surface area contributed by atoms with Crippen molar-refractivity contribution in [3.05, 3.63) is 28.8 Å². The summed E-state index contributed by atoms with van der Waals surface area (Å²) < 4.78 is 5.48. The van der Waals surface area contributed by atoms with E-state index in [9.17, 15) is 0 Å². The molecule has 0 aromatic heterocycles. The molecule has 0 aliphatic carbocycles. The maximum atomic E-state index is 9.00. The van der Waals surface area contributed by atoms with Crippen LogP contribution in [0.3, 0.4) is 0 Å². The summed E-state index contributed by atoms with van der Waals surface area (Å²) in [6, 6.07) is 4.65. The van der Waals surface area contributed by atoms with E-state index in [4.69, 9.17) is 9.84 Å². The Balaban J connectivity index is 3.15. The number of ether oxygens (including phenoxy) is 1. The first-order valence-corrected chi connectivity index (χ1v) is 7.01. The minimum Gasteiger partial charge on any atom is -0.496 e. The molecule has 1 rings (SSSR count). The molecule has 0 heterocycles. The van der Waals surface area contributed by atoms with Crippen molar-refractivity contribution in [1.82, 2.24) is 5.32 Å². The lowest BCUT2D eigenvalue weighted by Crippen LogP contribution is -2.18. The van der Waals surface area contributed by atoms with Crippen molar-refractivity contribution >= 4 is 0 Å². The zero-order valence-electron chi connectivity index (χ0n) is 12.8. The molecule has 0 aliphatic heterocycles. The molecule has 0 aliphatic rings. The zero-order valence-corrected chi connectivity index (χ0v) is 12.8. The summed E-state index contributed by atoms with van der Waals surface area (Å²) in [4.78, 5) is 0. The molecule has 19 heavy (non-hydrogen) atoms. The topological polar surface area (TPSA) is 41.5 Å². The van der Waals surface area contributed by atoms with E-state index in [1.807, 2.05) is 7.05 Å². The monoisotopic (exact) mass is 265 g/mol. The molecule has 1 atom stereocenters. The first-order valence-electron chi connectivity index (χ1n) is 7.01. The third-order valence-electron chi connectivity index (χ3n) is 3.62. The van der Waals surface area contributed by atoms with Crippen LogP contribution in [0.5, 0.6) is 5.75 Å². The third-order valence-corrected chi connectivity index (χ3v) is 3.62. The number of hydrogen-bond donors (Lipinski definition) is 2. The van der Waals surface area contributed by atoms with Crippen molar-refractivity contribution in [1.29, 1.82) is 0 Å². The lowest BCUT2D eigenvalue weighted by Gasteiger charge is -2.22. The highest BCUT2D eigenvalue weighted by Gasteiger charge is 2.16. The number of aliphatic hydroxyl groups excluding tert-OH is 1. The number of aliphatic hydroxyl groups is 1. The molecule has 3 nitrogen and oxygen atoms in total. The van der Waals surface area contributed by atoms with Gasteiger partial charge in [-0.05, 0) is 55.5 Å². The number of nitrogens with one attached hydrogen (secondary N) is 1. The lowest BCUT2D eigenvalue weighted by molar-refractivity contribution is 0.276. The Hall–Kier alpha value is -1.06. The van der Waals surface area contributed by atoms with Gasteiger partial charge in [0.2, 0.25) is 0 Å². The van der Waals surface area contributed by atoms with E-state index < -0.39 is 0 Å². The Morgan fingerprint density at radius 1 is 1.26 bits per heavy atom. The smallest absolute Gasteiger partial charge is 0.122 e. The molecule has 2 N–H and O–H groups in total. The fourth-order valence-electron chi connectivity index (χ4n) is 2.47. The second-order valence-electron chi connectivity index (χ2n) is 5.31. The first kappa shape index (κ1) is 16.0. The van der Waals surface area contributed by atoms with Crippen molar-refractivity contribution in [3.8, 4) is 5.75 Å². The highest BCUT2D eigenvalue weighted by molar-refractivity contribution is 5.45. The highest BCUT2D eigenvalue weighted by Crippen LogP contribution is 2.33. The predicted molar refractivity (Wildman–Crippen MR) is 79.9 cm³/mol. The van der Waals surface area contributed by atoms with Crippen LogP contribution >= 0.6 is 0 Å². The van der Waals surface area contributed by atoms with Crippen LogP contribution in [0.2, 0.25) is 0 Å². The van der Waals surface area contributed by atoms with Gasteiger partial charge in [0, 0.05) is 12.6 Å². The average molecular weight is 265 g/mol. The molecule has 1 aromatic carbocycles. The molecular weight excluding hydrogens is 238 g/mol. The molecular formula is C16H27NO2. The summed E-state index contributed by atoms with van der Waals surface area (Å²) in [6.07, 6.45) is 1.76. The Morgan fingerprint density at radius 3 is 2.42 bits per heavy atom. The largest absolute Gasteiger partial charge is 0.496 e. The maximum Gasteiger partial charge on any atom is 0.122 e. The molecule has 0 saturated carbocycles. The van der Waals surface area contributed by atoms with Crippen molar-refractivity contribution < 1.29 is 9.84 Å². The van der Waals surface area contributed by atoms with Crippen LogP contribution in [0.15, 0.2) is 12.1 Å². The molecule has 0 fully saturated rings. The Bertz CT molecular complexity index is 402. The van der Waals surface area contributed by atoms with Crippen molar-refractivity contribution in [2.45, 2.75) is 45.6 Å². The van der Waals surface area contributed by atoms with Crippen molar-refractivity contribution in [2.24, 2.45) is 0 Å². The molecule has 0 spiro atoms. The molecule has 108 valence electrons. The molecule has 0 saturated heterocycles. The van der Waals surface area contributed by atoms with Crippen molar-refractivity contribution in [3.63, 3.8) is 0 Å². The minimum atomic E-state index is 0.240. The van der Waals surface area contributed by atoms with E-state index in [1.165, 1.54) is 16.7 Å². The van der Waals surface area contributed by atoms with Gasteiger partial charge in [0.15, 0.2) is 0 Å². The van der Waals surface area contributed by atoms with Crippen LogP contribution in [0.4, 0.5) is 0 Å². The molecule has 0 radical (unpaired) electrons. The van der Waals surface area contributed by atoms with Crippen LogP contribution in [-0.2, 0) is 0 Å². The quantitative estimate of drug-likeness (QED) is 0.795. The van der Waals surface area contributed by atoms with Crippen LogP contribution in [0.1, 0.15) is 55.3 Å². The highest BCUT2D eigenvalue weighted by atomic mass is 16.5. The fraction of sp³-hybridized carbons (Fsp3) is 0.625. The lowest BCUT2D eigenvalue weighted by atomic mass is 9.91. The zero-order chi connectivity index (χ0) is 14.4. The minimum absolute atomic E-state index is 0.240. The van der Waals surface area contributed by atoms with Crippen LogP contribution in [-0.4, -0.2) is 25.9 Å². The van der Waals surface area contributed by atoms with Gasteiger partial charge < -0.3 is 15.2 Å². The van der Waals surface area contributed by atoms with E-state index in [2.05, 4.69) is 38.2 Å². The van der Waals surface area contributed by atoms with Gasteiger partial charge >= 0.3 is 0 Å². The number of aryl methyl sites for hydroxylation is 1.